The van der Waals surface area contributed by atoms with E-state index in [9.17, 15) is 4.79 Å². The minimum atomic E-state index is -1.02. The van der Waals surface area contributed by atoms with Gasteiger partial charge in [-0.1, -0.05) is 52.5 Å². The Morgan fingerprint density at radius 1 is 1.08 bits per heavy atom. The molecule has 0 bridgehead atoms. The first kappa shape index (κ1) is 18.4. The summed E-state index contributed by atoms with van der Waals surface area (Å²) in [4.78, 5) is 15.0. The monoisotopic (exact) mass is 349 g/mol. The van der Waals surface area contributed by atoms with Crippen LogP contribution in [0.25, 0.3) is 5.57 Å². The third kappa shape index (κ3) is 3.07. The van der Waals surface area contributed by atoms with Gasteiger partial charge in [-0.3, -0.25) is 0 Å². The van der Waals surface area contributed by atoms with Gasteiger partial charge in [-0.05, 0) is 64.5 Å². The molecule has 3 rings (SSSR count). The van der Waals surface area contributed by atoms with Crippen LogP contribution >= 0.6 is 0 Å². The molecule has 0 atom stereocenters. The van der Waals surface area contributed by atoms with Crippen LogP contribution in [0.4, 0.5) is 0 Å². The van der Waals surface area contributed by atoms with Gasteiger partial charge >= 0.3 is 5.97 Å². The van der Waals surface area contributed by atoms with Crippen molar-refractivity contribution in [3.63, 3.8) is 0 Å². The molecule has 0 unspecified atom stereocenters. The van der Waals surface area contributed by atoms with Crippen LogP contribution in [0.3, 0.4) is 0 Å². The number of carbonyl (C=O) groups is 1. The lowest BCUT2D eigenvalue weighted by Crippen LogP contribution is -2.34. The highest BCUT2D eigenvalue weighted by atomic mass is 16.4. The number of fused-ring (bicyclic) bond motifs is 1. The summed E-state index contributed by atoms with van der Waals surface area (Å²) in [5.41, 5.74) is 7.24. The van der Waals surface area contributed by atoms with E-state index in [-0.39, 0.29) is 16.5 Å². The molecule has 0 fully saturated rings. The zero-order valence-electron chi connectivity index (χ0n) is 16.3. The second-order valence-electron chi connectivity index (χ2n) is 8.70. The van der Waals surface area contributed by atoms with E-state index in [4.69, 9.17) is 5.11 Å². The molecule has 1 N–H and O–H groups in total. The summed E-state index contributed by atoms with van der Waals surface area (Å²) in [6.45, 7) is 15.7. The first-order valence-electron chi connectivity index (χ1n) is 9.07. The molecule has 26 heavy (non-hydrogen) atoms. The Balaban J connectivity index is 2.09. The number of carboxylic acids is 1. The van der Waals surface area contributed by atoms with Gasteiger partial charge in [-0.25, -0.2) is 9.78 Å². The van der Waals surface area contributed by atoms with Crippen LogP contribution in [0.5, 0.6) is 0 Å². The number of aryl methyl sites for hydroxylation is 1. The maximum Gasteiger partial charge on any atom is 0.354 e. The minimum absolute atomic E-state index is 0.0478. The third-order valence-electron chi connectivity index (χ3n) is 5.85. The molecular weight excluding hydrogens is 322 g/mol. The summed E-state index contributed by atoms with van der Waals surface area (Å²) in [6.07, 6.45) is 3.95. The Labute approximate surface area is 155 Å². The van der Waals surface area contributed by atoms with Crippen LogP contribution < -0.4 is 0 Å². The molecule has 0 saturated carbocycles. The Morgan fingerprint density at radius 2 is 1.65 bits per heavy atom. The van der Waals surface area contributed by atoms with Crippen molar-refractivity contribution in [2.45, 2.75) is 58.3 Å². The predicted octanol–water partition coefficient (Wildman–Crippen LogP) is 5.50. The van der Waals surface area contributed by atoms with Gasteiger partial charge < -0.3 is 5.11 Å². The minimum Gasteiger partial charge on any atom is -0.477 e. The molecule has 1 aliphatic carbocycles. The predicted molar refractivity (Wildman–Crippen MR) is 106 cm³/mol. The number of benzene rings is 1. The van der Waals surface area contributed by atoms with E-state index < -0.39 is 5.97 Å². The Morgan fingerprint density at radius 3 is 2.15 bits per heavy atom. The van der Waals surface area contributed by atoms with Crippen LogP contribution in [-0.4, -0.2) is 16.1 Å². The quantitative estimate of drug-likeness (QED) is 0.796. The van der Waals surface area contributed by atoms with Crippen LogP contribution in [0, 0.1) is 6.92 Å². The Hall–Kier alpha value is -2.42. The van der Waals surface area contributed by atoms with Crippen LogP contribution in [0.15, 0.2) is 37.0 Å². The second kappa shape index (κ2) is 6.08. The van der Waals surface area contributed by atoms with E-state index >= 15 is 0 Å². The molecule has 3 heteroatoms. The van der Waals surface area contributed by atoms with Gasteiger partial charge in [0, 0.05) is 11.8 Å². The smallest absolute Gasteiger partial charge is 0.354 e. The van der Waals surface area contributed by atoms with Crippen molar-refractivity contribution in [1.82, 2.24) is 4.98 Å². The fraction of sp³-hybridized carbons (Fsp3) is 0.391. The largest absolute Gasteiger partial charge is 0.477 e. The van der Waals surface area contributed by atoms with E-state index in [1.807, 2.05) is 0 Å². The molecule has 136 valence electrons. The van der Waals surface area contributed by atoms with Gasteiger partial charge in [0.15, 0.2) is 0 Å². The topological polar surface area (TPSA) is 50.2 Å². The lowest BCUT2D eigenvalue weighted by molar-refractivity contribution is 0.0690. The number of aromatic nitrogens is 1. The second-order valence-corrected chi connectivity index (χ2v) is 8.70. The number of carboxylic acid groups (broad SMARTS) is 1. The van der Waals surface area contributed by atoms with Gasteiger partial charge in [0.25, 0.3) is 0 Å². The molecule has 0 aliphatic heterocycles. The average Bonchev–Trinajstić information content (AvgIpc) is 2.58. The highest BCUT2D eigenvalue weighted by Crippen LogP contribution is 2.47. The van der Waals surface area contributed by atoms with Crippen molar-refractivity contribution in [2.24, 2.45) is 0 Å². The molecule has 1 aliphatic rings. The van der Waals surface area contributed by atoms with Gasteiger partial charge in [-0.15, -0.1) is 0 Å². The summed E-state index contributed by atoms with van der Waals surface area (Å²) in [7, 11) is 0. The molecule has 0 amide bonds. The Kier molecular flexibility index (Phi) is 4.30. The van der Waals surface area contributed by atoms with Crippen molar-refractivity contribution >= 4 is 11.5 Å². The zero-order chi connectivity index (χ0) is 19.3. The third-order valence-corrected chi connectivity index (χ3v) is 5.85. The van der Waals surface area contributed by atoms with Gasteiger partial charge in [0.05, 0.1) is 0 Å². The molecule has 1 heterocycles. The zero-order valence-corrected chi connectivity index (χ0v) is 16.3. The van der Waals surface area contributed by atoms with Crippen molar-refractivity contribution in [2.75, 3.05) is 0 Å². The summed E-state index contributed by atoms with van der Waals surface area (Å²) in [5, 5.41) is 9.03. The fourth-order valence-electron chi connectivity index (χ4n) is 3.90. The number of hydrogen-bond acceptors (Lipinski definition) is 2. The summed E-state index contributed by atoms with van der Waals surface area (Å²) < 4.78 is 0. The standard InChI is InChI=1S/C23H27NO2/c1-14-11-18-19(23(5,6)10-9-22(18,3)4)12-17(14)15(2)16-7-8-20(21(25)26)24-13-16/h7-8,11-13H,2,9-10H2,1,3-6H3,(H,25,26). The van der Waals surface area contributed by atoms with Crippen molar-refractivity contribution in [3.8, 4) is 0 Å². The number of aromatic carboxylic acids is 1. The first-order chi connectivity index (χ1) is 12.0. The molecule has 0 radical (unpaired) electrons. The molecule has 0 spiro atoms. The summed E-state index contributed by atoms with van der Waals surface area (Å²) in [6, 6.07) is 7.92. The molecule has 1 aromatic carbocycles. The van der Waals surface area contributed by atoms with E-state index in [1.165, 1.54) is 29.2 Å². The SMILES string of the molecule is C=C(c1ccc(C(=O)O)nc1)c1cc2c(cc1C)C(C)(C)CCC2(C)C. The number of pyridine rings is 1. The number of hydrogen-bond donors (Lipinski definition) is 1. The average molecular weight is 349 g/mol. The maximum absolute atomic E-state index is 11.0. The van der Waals surface area contributed by atoms with Gasteiger partial charge in [0.1, 0.15) is 5.69 Å². The molecule has 2 aromatic rings. The molecule has 3 nitrogen and oxygen atoms in total. The van der Waals surface area contributed by atoms with Gasteiger partial charge in [0.2, 0.25) is 0 Å². The van der Waals surface area contributed by atoms with E-state index in [0.717, 1.165) is 23.1 Å². The van der Waals surface area contributed by atoms with Crippen molar-refractivity contribution in [3.05, 3.63) is 70.6 Å². The molecule has 1 aromatic heterocycles. The highest BCUT2D eigenvalue weighted by molar-refractivity contribution is 5.86. The first-order valence-corrected chi connectivity index (χ1v) is 9.07. The molecular formula is C23H27NO2. The highest BCUT2D eigenvalue weighted by Gasteiger charge is 2.37. The van der Waals surface area contributed by atoms with E-state index in [1.54, 1.807) is 12.3 Å². The normalized spacial score (nSPS) is 17.4. The van der Waals surface area contributed by atoms with Crippen molar-refractivity contribution < 1.29 is 9.90 Å². The van der Waals surface area contributed by atoms with E-state index in [2.05, 4.69) is 58.3 Å². The van der Waals surface area contributed by atoms with Crippen LogP contribution in [0.2, 0.25) is 0 Å². The Bertz CT molecular complexity index is 889. The van der Waals surface area contributed by atoms with Gasteiger partial charge in [-0.2, -0.15) is 0 Å². The van der Waals surface area contributed by atoms with E-state index in [0.29, 0.717) is 0 Å². The number of rotatable bonds is 3. The number of nitrogens with zero attached hydrogens (tertiary/aromatic N) is 1. The fourth-order valence-corrected chi connectivity index (χ4v) is 3.90. The lowest BCUT2D eigenvalue weighted by atomic mass is 9.62. The molecule has 0 saturated heterocycles. The van der Waals surface area contributed by atoms with Crippen LogP contribution in [-0.2, 0) is 10.8 Å². The van der Waals surface area contributed by atoms with Crippen molar-refractivity contribution in [1.29, 1.82) is 0 Å². The summed E-state index contributed by atoms with van der Waals surface area (Å²) in [5.74, 6) is -1.02. The summed E-state index contributed by atoms with van der Waals surface area (Å²) >= 11 is 0. The van der Waals surface area contributed by atoms with Crippen LogP contribution in [0.1, 0.15) is 78.8 Å². The lowest BCUT2D eigenvalue weighted by Gasteiger charge is -2.42. The maximum atomic E-state index is 11.0.